The van der Waals surface area contributed by atoms with Crippen LogP contribution in [0.5, 0.6) is 0 Å². The maximum absolute atomic E-state index is 12.8. The zero-order valence-corrected chi connectivity index (χ0v) is 16.7. The molecule has 1 saturated heterocycles. The van der Waals surface area contributed by atoms with Gasteiger partial charge in [-0.25, -0.2) is 0 Å². The van der Waals surface area contributed by atoms with Gasteiger partial charge in [0, 0.05) is 12.7 Å². The zero-order valence-electron chi connectivity index (χ0n) is 16.7. The minimum Gasteiger partial charge on any atom is -0.352 e. The second kappa shape index (κ2) is 9.17. The van der Waals surface area contributed by atoms with Crippen LogP contribution in [0.15, 0.2) is 39.1 Å². The van der Waals surface area contributed by atoms with Gasteiger partial charge in [-0.2, -0.15) is 0 Å². The number of nitrogens with zero attached hydrogens (tertiary/aromatic N) is 1. The largest absolute Gasteiger partial charge is 0.352 e. The minimum absolute atomic E-state index is 0.0352. The van der Waals surface area contributed by atoms with Crippen molar-refractivity contribution in [2.45, 2.75) is 79.6 Å². The molecular weight excluding hydrogens is 308 g/mol. The first-order valence-electron chi connectivity index (χ1n) is 9.83. The summed E-state index contributed by atoms with van der Waals surface area (Å²) in [7, 11) is 0. The fourth-order valence-electron chi connectivity index (χ4n) is 3.44. The molecule has 1 aliphatic heterocycles. The van der Waals surface area contributed by atoms with Crippen molar-refractivity contribution in [2.24, 2.45) is 10.9 Å². The molecule has 1 N–H and O–H groups in total. The van der Waals surface area contributed by atoms with Gasteiger partial charge in [0.15, 0.2) is 0 Å². The standard InChI is InChI=1S/C22H34N2O/c1-6-16(4)14-24-21-17(5)10-11-19(18-8-7-9-18)12-13-23-22(25)20(21)15(2)3/h14,17H,6-13H2,1-5H3,(H,23,25). The lowest BCUT2D eigenvalue weighted by Gasteiger charge is -2.26. The molecular formula is C22H34N2O. The molecule has 0 radical (unpaired) electrons. The van der Waals surface area contributed by atoms with Crippen molar-refractivity contribution >= 4 is 11.6 Å². The van der Waals surface area contributed by atoms with Gasteiger partial charge in [0.1, 0.15) is 0 Å². The highest BCUT2D eigenvalue weighted by atomic mass is 16.1. The molecule has 1 unspecified atom stereocenters. The molecule has 0 aromatic carbocycles. The molecule has 0 bridgehead atoms. The predicted octanol–water partition coefficient (Wildman–Crippen LogP) is 5.49. The maximum Gasteiger partial charge on any atom is 0.253 e. The first-order valence-corrected chi connectivity index (χ1v) is 9.83. The number of aliphatic imine (C=N–C) groups is 1. The van der Waals surface area contributed by atoms with E-state index in [1.54, 1.807) is 11.1 Å². The van der Waals surface area contributed by atoms with Crippen LogP contribution in [-0.2, 0) is 4.79 Å². The molecule has 1 saturated carbocycles. The third-order valence-corrected chi connectivity index (χ3v) is 5.48. The van der Waals surface area contributed by atoms with E-state index in [4.69, 9.17) is 4.99 Å². The summed E-state index contributed by atoms with van der Waals surface area (Å²) < 4.78 is 0. The van der Waals surface area contributed by atoms with Crippen LogP contribution < -0.4 is 5.32 Å². The summed E-state index contributed by atoms with van der Waals surface area (Å²) in [5, 5.41) is 3.14. The Balaban J connectivity index is 2.37. The number of hydrogen-bond acceptors (Lipinski definition) is 2. The van der Waals surface area contributed by atoms with E-state index in [1.807, 2.05) is 20.0 Å². The molecule has 1 heterocycles. The number of nitrogens with one attached hydrogen (secondary N) is 1. The lowest BCUT2D eigenvalue weighted by Crippen LogP contribution is -2.33. The molecule has 3 heteroatoms. The normalized spacial score (nSPS) is 24.9. The van der Waals surface area contributed by atoms with Crippen molar-refractivity contribution in [1.82, 2.24) is 5.32 Å². The molecule has 1 aliphatic carbocycles. The fourth-order valence-corrected chi connectivity index (χ4v) is 3.44. The number of rotatable bonds is 2. The molecule has 0 spiro atoms. The number of hydrogen-bond donors (Lipinski definition) is 1. The maximum atomic E-state index is 12.8. The Morgan fingerprint density at radius 2 is 1.84 bits per heavy atom. The second-order valence-electron chi connectivity index (χ2n) is 7.72. The van der Waals surface area contributed by atoms with E-state index < -0.39 is 0 Å². The number of carbonyl (C=O) groups is 1. The molecule has 1 amide bonds. The Morgan fingerprint density at radius 1 is 1.16 bits per heavy atom. The van der Waals surface area contributed by atoms with Crippen LogP contribution in [0.1, 0.15) is 79.6 Å². The first-order chi connectivity index (χ1) is 11.9. The van der Waals surface area contributed by atoms with E-state index in [-0.39, 0.29) is 11.8 Å². The SMILES string of the molecule is CCC(C)=CN=C1C(=C(C)C)C(=O)NCCC(=C2CCC2)CCC1C. The van der Waals surface area contributed by atoms with Gasteiger partial charge in [-0.3, -0.25) is 9.79 Å². The van der Waals surface area contributed by atoms with Gasteiger partial charge in [0.05, 0.1) is 11.3 Å². The highest BCUT2D eigenvalue weighted by molar-refractivity contribution is 6.23. The van der Waals surface area contributed by atoms with Gasteiger partial charge in [-0.15, -0.1) is 0 Å². The predicted molar refractivity (Wildman–Crippen MR) is 107 cm³/mol. The summed E-state index contributed by atoms with van der Waals surface area (Å²) in [4.78, 5) is 17.6. The average molecular weight is 343 g/mol. The Bertz CT molecular complexity index is 624. The molecule has 1 atom stereocenters. The summed E-state index contributed by atoms with van der Waals surface area (Å²) in [6, 6.07) is 0. The smallest absolute Gasteiger partial charge is 0.253 e. The third-order valence-electron chi connectivity index (χ3n) is 5.48. The van der Waals surface area contributed by atoms with Gasteiger partial charge in [-0.1, -0.05) is 36.1 Å². The van der Waals surface area contributed by atoms with Crippen molar-refractivity contribution in [3.63, 3.8) is 0 Å². The van der Waals surface area contributed by atoms with E-state index in [0.29, 0.717) is 0 Å². The van der Waals surface area contributed by atoms with Crippen molar-refractivity contribution < 1.29 is 4.79 Å². The van der Waals surface area contributed by atoms with Crippen LogP contribution in [0.4, 0.5) is 0 Å². The topological polar surface area (TPSA) is 41.5 Å². The summed E-state index contributed by atoms with van der Waals surface area (Å²) in [5.74, 6) is 0.318. The van der Waals surface area contributed by atoms with Gasteiger partial charge in [0.25, 0.3) is 5.91 Å². The Labute approximate surface area is 153 Å². The highest BCUT2D eigenvalue weighted by Gasteiger charge is 2.25. The van der Waals surface area contributed by atoms with Crippen LogP contribution in [0.3, 0.4) is 0 Å². The summed E-state index contributed by atoms with van der Waals surface area (Å²) >= 11 is 0. The highest BCUT2D eigenvalue weighted by Crippen LogP contribution is 2.33. The molecule has 0 aromatic heterocycles. The molecule has 25 heavy (non-hydrogen) atoms. The van der Waals surface area contributed by atoms with Crippen LogP contribution in [0, 0.1) is 5.92 Å². The van der Waals surface area contributed by atoms with E-state index >= 15 is 0 Å². The quantitative estimate of drug-likeness (QED) is 0.523. The van der Waals surface area contributed by atoms with Crippen LogP contribution in [-0.4, -0.2) is 18.2 Å². The van der Waals surface area contributed by atoms with E-state index in [0.717, 1.165) is 49.1 Å². The van der Waals surface area contributed by atoms with Crippen molar-refractivity contribution in [3.8, 4) is 0 Å². The number of allylic oxidation sites excluding steroid dienone is 3. The average Bonchev–Trinajstić information content (AvgIpc) is 2.52. The molecule has 2 aliphatic rings. The van der Waals surface area contributed by atoms with Gasteiger partial charge < -0.3 is 5.32 Å². The summed E-state index contributed by atoms with van der Waals surface area (Å²) in [5.41, 5.74) is 7.24. The van der Waals surface area contributed by atoms with Crippen molar-refractivity contribution in [3.05, 3.63) is 34.1 Å². The third kappa shape index (κ3) is 5.17. The zero-order chi connectivity index (χ0) is 18.4. The minimum atomic E-state index is 0.0352. The first kappa shape index (κ1) is 19.7. The van der Waals surface area contributed by atoms with Gasteiger partial charge >= 0.3 is 0 Å². The van der Waals surface area contributed by atoms with Crippen molar-refractivity contribution in [1.29, 1.82) is 0 Å². The Morgan fingerprint density at radius 3 is 2.40 bits per heavy atom. The molecule has 2 rings (SSSR count). The fraction of sp³-hybridized carbons (Fsp3) is 0.636. The molecule has 3 nitrogen and oxygen atoms in total. The summed E-state index contributed by atoms with van der Waals surface area (Å²) in [6.45, 7) is 11.2. The number of carbonyl (C=O) groups excluding carboxylic acids is 1. The molecule has 2 fully saturated rings. The van der Waals surface area contributed by atoms with Gasteiger partial charge in [0.2, 0.25) is 0 Å². The van der Waals surface area contributed by atoms with Crippen LogP contribution in [0.25, 0.3) is 0 Å². The van der Waals surface area contributed by atoms with Crippen LogP contribution >= 0.6 is 0 Å². The summed E-state index contributed by atoms with van der Waals surface area (Å²) in [6.07, 6.45) is 9.99. The molecule has 138 valence electrons. The Kier molecular flexibility index (Phi) is 7.22. The monoisotopic (exact) mass is 342 g/mol. The van der Waals surface area contributed by atoms with Crippen molar-refractivity contribution in [2.75, 3.05) is 6.54 Å². The lowest BCUT2D eigenvalue weighted by molar-refractivity contribution is -0.117. The second-order valence-corrected chi connectivity index (χ2v) is 7.72. The van der Waals surface area contributed by atoms with E-state index in [1.165, 1.54) is 24.8 Å². The van der Waals surface area contributed by atoms with Gasteiger partial charge in [-0.05, 0) is 71.6 Å². The van der Waals surface area contributed by atoms with Crippen LogP contribution in [0.2, 0.25) is 0 Å². The van der Waals surface area contributed by atoms with E-state index in [9.17, 15) is 4.79 Å². The number of amides is 1. The molecule has 0 aromatic rings. The Hall–Kier alpha value is -1.64. The van der Waals surface area contributed by atoms with E-state index in [2.05, 4.69) is 26.1 Å². The lowest BCUT2D eigenvalue weighted by atomic mass is 9.82.